The minimum absolute atomic E-state index is 0.0664. The molecule has 3 rings (SSSR count). The Morgan fingerprint density at radius 3 is 2.27 bits per heavy atom. The van der Waals surface area contributed by atoms with Crippen LogP contribution >= 0.6 is 0 Å². The van der Waals surface area contributed by atoms with Crippen LogP contribution < -0.4 is 4.74 Å². The minimum Gasteiger partial charge on any atom is -0.474 e. The second kappa shape index (κ2) is 8.35. The van der Waals surface area contributed by atoms with Crippen molar-refractivity contribution in [3.05, 3.63) is 41.2 Å². The zero-order valence-electron chi connectivity index (χ0n) is 17.3. The molecule has 0 atom stereocenters. The quantitative estimate of drug-likeness (QED) is 0.609. The third kappa shape index (κ3) is 4.06. The first-order chi connectivity index (χ1) is 12.4. The van der Waals surface area contributed by atoms with Crippen molar-refractivity contribution in [2.45, 2.75) is 67.4 Å². The van der Waals surface area contributed by atoms with E-state index in [9.17, 15) is 0 Å². The van der Waals surface area contributed by atoms with E-state index >= 15 is 0 Å². The number of rotatable bonds is 4. The Morgan fingerprint density at radius 1 is 0.962 bits per heavy atom. The van der Waals surface area contributed by atoms with Crippen molar-refractivity contribution in [1.29, 1.82) is 0 Å². The lowest BCUT2D eigenvalue weighted by Crippen LogP contribution is -2.10. The van der Waals surface area contributed by atoms with Gasteiger partial charge < -0.3 is 9.72 Å². The number of aryl methyl sites for hydroxylation is 2. The van der Waals surface area contributed by atoms with E-state index in [-0.39, 0.29) is 6.10 Å². The number of hydrogen-bond donors (Lipinski definition) is 1. The first-order valence-electron chi connectivity index (χ1n) is 9.50. The van der Waals surface area contributed by atoms with Crippen molar-refractivity contribution in [3.8, 4) is 17.1 Å². The molecule has 0 aliphatic carbocycles. The number of nitrogens with one attached hydrogen (secondary N) is 1. The summed E-state index contributed by atoms with van der Waals surface area (Å²) in [5.74, 6) is 1.02. The van der Waals surface area contributed by atoms with Gasteiger partial charge in [0.1, 0.15) is 0 Å². The Labute approximate surface area is 157 Å². The van der Waals surface area contributed by atoms with Crippen molar-refractivity contribution in [2.24, 2.45) is 0 Å². The molecule has 140 valence electrons. The highest BCUT2D eigenvalue weighted by molar-refractivity contribution is 5.84. The molecule has 0 spiro atoms. The fraction of sp³-hybridized carbons (Fsp3) is 0.455. The summed E-state index contributed by atoms with van der Waals surface area (Å²) >= 11 is 0. The van der Waals surface area contributed by atoms with Gasteiger partial charge in [-0.3, -0.25) is 0 Å². The van der Waals surface area contributed by atoms with Crippen LogP contribution in [0.5, 0.6) is 5.88 Å². The standard InChI is InChI=1S/C20H25N3O.C2H6/c1-11(2)16-8-7-15(20(22-16)24-12(3)4)18-13(5)9-17-19(23-18)14(6)10-21-17;1-2/h7-12,21H,1-6H3;1-2H3. The molecule has 3 aromatic rings. The molecule has 0 saturated carbocycles. The van der Waals surface area contributed by atoms with Crippen LogP contribution in [0, 0.1) is 13.8 Å². The molecule has 0 unspecified atom stereocenters. The second-order valence-electron chi connectivity index (χ2n) is 6.93. The zero-order valence-corrected chi connectivity index (χ0v) is 17.3. The van der Waals surface area contributed by atoms with Gasteiger partial charge in [0.25, 0.3) is 0 Å². The highest BCUT2D eigenvalue weighted by Gasteiger charge is 2.17. The van der Waals surface area contributed by atoms with Crippen LogP contribution in [0.2, 0.25) is 0 Å². The van der Waals surface area contributed by atoms with Crippen molar-refractivity contribution in [3.63, 3.8) is 0 Å². The maximum Gasteiger partial charge on any atom is 0.223 e. The van der Waals surface area contributed by atoms with Crippen LogP contribution in [-0.4, -0.2) is 21.1 Å². The maximum atomic E-state index is 6.01. The number of aromatic nitrogens is 3. The molecular weight excluding hydrogens is 322 g/mol. The van der Waals surface area contributed by atoms with Gasteiger partial charge in [-0.05, 0) is 62.9 Å². The number of pyridine rings is 2. The molecular formula is C22H31N3O. The number of H-pyrrole nitrogens is 1. The van der Waals surface area contributed by atoms with Gasteiger partial charge in [-0.25, -0.2) is 9.97 Å². The molecule has 4 nitrogen and oxygen atoms in total. The van der Waals surface area contributed by atoms with Crippen molar-refractivity contribution in [2.75, 3.05) is 0 Å². The number of ether oxygens (including phenoxy) is 1. The lowest BCUT2D eigenvalue weighted by Gasteiger charge is -2.16. The molecule has 4 heteroatoms. The van der Waals surface area contributed by atoms with Crippen molar-refractivity contribution in [1.82, 2.24) is 15.0 Å². The molecule has 0 radical (unpaired) electrons. The van der Waals surface area contributed by atoms with Crippen LogP contribution in [0.4, 0.5) is 0 Å². The monoisotopic (exact) mass is 353 g/mol. The van der Waals surface area contributed by atoms with Crippen molar-refractivity contribution >= 4 is 11.0 Å². The largest absolute Gasteiger partial charge is 0.474 e. The molecule has 0 aliphatic heterocycles. The molecule has 0 saturated heterocycles. The van der Waals surface area contributed by atoms with Gasteiger partial charge in [-0.15, -0.1) is 0 Å². The van der Waals surface area contributed by atoms with Gasteiger partial charge in [-0.1, -0.05) is 27.7 Å². The van der Waals surface area contributed by atoms with Gasteiger partial charge in [0.05, 0.1) is 28.4 Å². The van der Waals surface area contributed by atoms with Gasteiger partial charge in [0.15, 0.2) is 0 Å². The topological polar surface area (TPSA) is 50.8 Å². The number of nitrogens with zero attached hydrogens (tertiary/aromatic N) is 2. The van der Waals surface area contributed by atoms with E-state index in [4.69, 9.17) is 14.7 Å². The van der Waals surface area contributed by atoms with Crippen LogP contribution in [-0.2, 0) is 0 Å². The Bertz CT molecular complexity index is 878. The van der Waals surface area contributed by atoms with E-state index in [0.717, 1.165) is 39.1 Å². The summed E-state index contributed by atoms with van der Waals surface area (Å²) in [6.45, 7) is 16.5. The fourth-order valence-electron chi connectivity index (χ4n) is 2.82. The fourth-order valence-corrected chi connectivity index (χ4v) is 2.82. The number of fused-ring (bicyclic) bond motifs is 1. The molecule has 0 amide bonds. The molecule has 26 heavy (non-hydrogen) atoms. The average Bonchev–Trinajstić information content (AvgIpc) is 2.95. The molecule has 1 N–H and O–H groups in total. The lowest BCUT2D eigenvalue weighted by molar-refractivity contribution is 0.233. The third-order valence-corrected chi connectivity index (χ3v) is 4.11. The van der Waals surface area contributed by atoms with Gasteiger partial charge in [-0.2, -0.15) is 0 Å². The molecule has 3 heterocycles. The summed E-state index contributed by atoms with van der Waals surface area (Å²) in [4.78, 5) is 12.9. The van der Waals surface area contributed by atoms with Gasteiger partial charge in [0, 0.05) is 11.9 Å². The van der Waals surface area contributed by atoms with Crippen LogP contribution in [0.1, 0.15) is 64.3 Å². The second-order valence-corrected chi connectivity index (χ2v) is 6.93. The Kier molecular flexibility index (Phi) is 6.41. The molecule has 0 aliphatic rings. The van der Waals surface area contributed by atoms with Crippen LogP contribution in [0.15, 0.2) is 24.4 Å². The SMILES string of the molecule is CC.Cc1cc2[nH]cc(C)c2nc1-c1ccc(C(C)C)nc1OC(C)C. The number of aromatic amines is 1. The van der Waals surface area contributed by atoms with E-state index < -0.39 is 0 Å². The summed E-state index contributed by atoms with van der Waals surface area (Å²) in [6.07, 6.45) is 2.06. The van der Waals surface area contributed by atoms with Crippen molar-refractivity contribution < 1.29 is 4.74 Å². The zero-order chi connectivity index (χ0) is 19.4. The van der Waals surface area contributed by atoms with E-state index in [1.54, 1.807) is 0 Å². The number of hydrogen-bond acceptors (Lipinski definition) is 3. The highest BCUT2D eigenvalue weighted by Crippen LogP contribution is 2.33. The highest BCUT2D eigenvalue weighted by atomic mass is 16.5. The average molecular weight is 354 g/mol. The summed E-state index contributed by atoms with van der Waals surface area (Å²) < 4.78 is 6.01. The molecule has 0 fully saturated rings. The van der Waals surface area contributed by atoms with Gasteiger partial charge in [0.2, 0.25) is 5.88 Å². The first-order valence-corrected chi connectivity index (χ1v) is 9.50. The van der Waals surface area contributed by atoms with Crippen LogP contribution in [0.25, 0.3) is 22.3 Å². The van der Waals surface area contributed by atoms with E-state index in [1.807, 2.05) is 33.9 Å². The summed E-state index contributed by atoms with van der Waals surface area (Å²) in [6, 6.07) is 6.30. The van der Waals surface area contributed by atoms with E-state index in [2.05, 4.69) is 50.9 Å². The minimum atomic E-state index is 0.0664. The Morgan fingerprint density at radius 2 is 1.65 bits per heavy atom. The molecule has 0 aromatic carbocycles. The summed E-state index contributed by atoms with van der Waals surface area (Å²) in [7, 11) is 0. The summed E-state index contributed by atoms with van der Waals surface area (Å²) in [5, 5.41) is 0. The van der Waals surface area contributed by atoms with Crippen LogP contribution in [0.3, 0.4) is 0 Å². The maximum absolute atomic E-state index is 6.01. The smallest absolute Gasteiger partial charge is 0.223 e. The molecule has 3 aromatic heterocycles. The summed E-state index contributed by atoms with van der Waals surface area (Å²) in [5.41, 5.74) is 7.23. The predicted molar refractivity (Wildman–Crippen MR) is 110 cm³/mol. The Hall–Kier alpha value is -2.36. The lowest BCUT2D eigenvalue weighted by atomic mass is 10.0. The Balaban J connectivity index is 0.00000117. The van der Waals surface area contributed by atoms with E-state index in [0.29, 0.717) is 11.8 Å². The van der Waals surface area contributed by atoms with E-state index in [1.165, 1.54) is 0 Å². The molecule has 0 bridgehead atoms. The normalized spacial score (nSPS) is 11.0. The predicted octanol–water partition coefficient (Wildman–Crippen LogP) is 6.18. The first kappa shape index (κ1) is 20.0. The third-order valence-electron chi connectivity index (χ3n) is 4.11. The van der Waals surface area contributed by atoms with Gasteiger partial charge >= 0.3 is 0 Å².